The third kappa shape index (κ3) is 3.37. The summed E-state index contributed by atoms with van der Waals surface area (Å²) in [7, 11) is -2.29. The summed E-state index contributed by atoms with van der Waals surface area (Å²) >= 11 is 3.25. The van der Waals surface area contributed by atoms with Gasteiger partial charge in [0, 0.05) is 4.47 Å². The van der Waals surface area contributed by atoms with E-state index < -0.39 is 15.3 Å². The van der Waals surface area contributed by atoms with Gasteiger partial charge in [0.05, 0.1) is 18.9 Å². The molecule has 5 nitrogen and oxygen atoms in total. The van der Waals surface area contributed by atoms with E-state index in [-0.39, 0.29) is 6.42 Å². The number of nitriles is 1. The zero-order valence-electron chi connectivity index (χ0n) is 9.97. The van der Waals surface area contributed by atoms with Crippen molar-refractivity contribution < 1.29 is 13.2 Å². The molecule has 0 bridgehead atoms. The lowest BCUT2D eigenvalue weighted by atomic mass is 10.3. The minimum Gasteiger partial charge on any atom is -0.495 e. The van der Waals surface area contributed by atoms with Gasteiger partial charge in [-0.15, -0.1) is 0 Å². The third-order valence-corrected chi connectivity index (χ3v) is 4.49. The fourth-order valence-corrected chi connectivity index (χ4v) is 2.91. The van der Waals surface area contributed by atoms with Crippen molar-refractivity contribution in [3.05, 3.63) is 22.7 Å². The lowest BCUT2D eigenvalue weighted by Gasteiger charge is -2.14. The first-order valence-electron chi connectivity index (χ1n) is 5.19. The van der Waals surface area contributed by atoms with E-state index in [1.54, 1.807) is 31.2 Å². The smallest absolute Gasteiger partial charge is 0.249 e. The highest BCUT2D eigenvalue weighted by Crippen LogP contribution is 2.29. The highest BCUT2D eigenvalue weighted by Gasteiger charge is 2.24. The number of hydrogen-bond donors (Lipinski definition) is 1. The summed E-state index contributed by atoms with van der Waals surface area (Å²) in [6, 6.07) is 6.71. The van der Waals surface area contributed by atoms with Gasteiger partial charge in [-0.25, -0.2) is 8.42 Å². The van der Waals surface area contributed by atoms with Crippen LogP contribution in [0.1, 0.15) is 13.3 Å². The summed E-state index contributed by atoms with van der Waals surface area (Å²) in [6.07, 6.45) is 0.224. The van der Waals surface area contributed by atoms with Crippen molar-refractivity contribution >= 4 is 31.6 Å². The van der Waals surface area contributed by atoms with Gasteiger partial charge in [0.25, 0.3) is 0 Å². The Morgan fingerprint density at radius 2 is 2.22 bits per heavy atom. The minimum absolute atomic E-state index is 0.224. The molecule has 1 atom stereocenters. The van der Waals surface area contributed by atoms with Gasteiger partial charge < -0.3 is 4.74 Å². The van der Waals surface area contributed by atoms with Crippen LogP contribution in [-0.4, -0.2) is 20.8 Å². The first-order valence-corrected chi connectivity index (χ1v) is 7.53. The van der Waals surface area contributed by atoms with Crippen molar-refractivity contribution in [3.8, 4) is 11.8 Å². The monoisotopic (exact) mass is 332 g/mol. The molecule has 1 aromatic carbocycles. The zero-order chi connectivity index (χ0) is 13.8. The first-order chi connectivity index (χ1) is 8.44. The highest BCUT2D eigenvalue weighted by atomic mass is 79.9. The number of halogens is 1. The number of nitrogens with zero attached hydrogens (tertiary/aromatic N) is 1. The lowest BCUT2D eigenvalue weighted by Crippen LogP contribution is -2.26. The van der Waals surface area contributed by atoms with E-state index in [1.807, 2.05) is 0 Å². The molecule has 0 saturated heterocycles. The van der Waals surface area contributed by atoms with Crippen LogP contribution in [0.5, 0.6) is 5.75 Å². The van der Waals surface area contributed by atoms with Gasteiger partial charge in [0.1, 0.15) is 5.75 Å². The van der Waals surface area contributed by atoms with Gasteiger partial charge in [-0.2, -0.15) is 5.26 Å². The fourth-order valence-electron chi connectivity index (χ4n) is 1.36. The van der Waals surface area contributed by atoms with Gasteiger partial charge in [0.2, 0.25) is 10.0 Å². The quantitative estimate of drug-likeness (QED) is 0.898. The van der Waals surface area contributed by atoms with Crippen LogP contribution in [-0.2, 0) is 10.0 Å². The minimum atomic E-state index is -3.74. The Balaban J connectivity index is 3.12. The lowest BCUT2D eigenvalue weighted by molar-refractivity contribution is 0.417. The molecule has 1 N–H and O–H groups in total. The summed E-state index contributed by atoms with van der Waals surface area (Å²) in [5.41, 5.74) is 0.306. The van der Waals surface area contributed by atoms with Gasteiger partial charge >= 0.3 is 0 Å². The first kappa shape index (κ1) is 14.8. The molecule has 0 amide bonds. The molecule has 0 aliphatic carbocycles. The van der Waals surface area contributed by atoms with Crippen LogP contribution in [0.3, 0.4) is 0 Å². The van der Waals surface area contributed by atoms with Gasteiger partial charge in [-0.05, 0) is 24.6 Å². The maximum absolute atomic E-state index is 11.9. The summed E-state index contributed by atoms with van der Waals surface area (Å²) in [5, 5.41) is 7.73. The molecular formula is C11H13BrN2O3S. The Hall–Kier alpha value is -1.26. The molecule has 0 aliphatic heterocycles. The molecule has 98 valence electrons. The summed E-state index contributed by atoms with van der Waals surface area (Å²) in [6.45, 7) is 1.64. The Morgan fingerprint density at radius 1 is 1.56 bits per heavy atom. The molecule has 1 unspecified atom stereocenters. The SMILES string of the molecule is CCC(C#N)S(=O)(=O)Nc1cc(Br)ccc1OC. The standard InChI is InChI=1S/C11H13BrN2O3S/c1-3-9(7-13)18(15,16)14-10-6-8(12)4-5-11(10)17-2/h4-6,9,14H,3H2,1-2H3. The normalized spacial score (nSPS) is 12.6. The number of methoxy groups -OCH3 is 1. The van der Waals surface area contributed by atoms with Crippen molar-refractivity contribution in [1.82, 2.24) is 0 Å². The third-order valence-electron chi connectivity index (χ3n) is 2.30. The summed E-state index contributed by atoms with van der Waals surface area (Å²) in [4.78, 5) is 0. The molecule has 0 aromatic heterocycles. The van der Waals surface area contributed by atoms with Crippen molar-refractivity contribution in [1.29, 1.82) is 5.26 Å². The van der Waals surface area contributed by atoms with Crippen LogP contribution in [0.4, 0.5) is 5.69 Å². The number of rotatable bonds is 5. The molecule has 7 heteroatoms. The Morgan fingerprint density at radius 3 is 2.72 bits per heavy atom. The molecule has 18 heavy (non-hydrogen) atoms. The molecule has 0 radical (unpaired) electrons. The maximum Gasteiger partial charge on any atom is 0.249 e. The highest BCUT2D eigenvalue weighted by molar-refractivity contribution is 9.10. The topological polar surface area (TPSA) is 79.2 Å². The predicted octanol–water partition coefficient (Wildman–Crippen LogP) is 2.50. The Bertz CT molecular complexity index is 566. The molecule has 1 aromatic rings. The van der Waals surface area contributed by atoms with E-state index in [4.69, 9.17) is 10.00 Å². The molecule has 0 saturated carbocycles. The Labute approximate surface area is 115 Å². The maximum atomic E-state index is 11.9. The average molecular weight is 333 g/mol. The molecule has 0 aliphatic rings. The van der Waals surface area contributed by atoms with Crippen LogP contribution in [0.2, 0.25) is 0 Å². The van der Waals surface area contributed by atoms with Crippen LogP contribution < -0.4 is 9.46 Å². The van der Waals surface area contributed by atoms with E-state index in [0.717, 1.165) is 0 Å². The number of benzene rings is 1. The van der Waals surface area contributed by atoms with E-state index in [9.17, 15) is 8.42 Å². The number of sulfonamides is 1. The van der Waals surface area contributed by atoms with Crippen molar-refractivity contribution in [3.63, 3.8) is 0 Å². The number of hydrogen-bond acceptors (Lipinski definition) is 4. The van der Waals surface area contributed by atoms with Gasteiger partial charge in [-0.3, -0.25) is 4.72 Å². The Kier molecular flexibility index (Phi) is 4.99. The van der Waals surface area contributed by atoms with Gasteiger partial charge in [-0.1, -0.05) is 22.9 Å². The number of anilines is 1. The van der Waals surface area contributed by atoms with E-state index in [2.05, 4.69) is 20.7 Å². The fraction of sp³-hybridized carbons (Fsp3) is 0.364. The van der Waals surface area contributed by atoms with Crippen molar-refractivity contribution in [2.75, 3.05) is 11.8 Å². The second kappa shape index (κ2) is 6.07. The van der Waals surface area contributed by atoms with Crippen LogP contribution in [0, 0.1) is 11.3 Å². The molecular weight excluding hydrogens is 320 g/mol. The van der Waals surface area contributed by atoms with Crippen LogP contribution >= 0.6 is 15.9 Å². The van der Waals surface area contributed by atoms with E-state index >= 15 is 0 Å². The predicted molar refractivity (Wildman–Crippen MR) is 72.9 cm³/mol. The van der Waals surface area contributed by atoms with Crippen molar-refractivity contribution in [2.24, 2.45) is 0 Å². The second-order valence-corrected chi connectivity index (χ2v) is 6.30. The summed E-state index contributed by atoms with van der Waals surface area (Å²) in [5.74, 6) is 0.398. The number of ether oxygens (including phenoxy) is 1. The second-order valence-electron chi connectivity index (χ2n) is 3.52. The van der Waals surface area contributed by atoms with Crippen molar-refractivity contribution in [2.45, 2.75) is 18.6 Å². The molecule has 1 rings (SSSR count). The summed E-state index contributed by atoms with van der Waals surface area (Å²) < 4.78 is 32.0. The molecule has 0 fully saturated rings. The molecule has 0 heterocycles. The number of nitrogens with one attached hydrogen (secondary N) is 1. The molecule has 0 spiro atoms. The van der Waals surface area contributed by atoms with E-state index in [0.29, 0.717) is 15.9 Å². The zero-order valence-corrected chi connectivity index (χ0v) is 12.4. The average Bonchev–Trinajstić information content (AvgIpc) is 2.29. The van der Waals surface area contributed by atoms with Crippen LogP contribution in [0.25, 0.3) is 0 Å². The van der Waals surface area contributed by atoms with Crippen LogP contribution in [0.15, 0.2) is 22.7 Å². The van der Waals surface area contributed by atoms with Gasteiger partial charge in [0.15, 0.2) is 5.25 Å². The largest absolute Gasteiger partial charge is 0.495 e. The van der Waals surface area contributed by atoms with E-state index in [1.165, 1.54) is 7.11 Å².